The quantitative estimate of drug-likeness (QED) is 0.811. The fourth-order valence-corrected chi connectivity index (χ4v) is 3.66. The summed E-state index contributed by atoms with van der Waals surface area (Å²) < 4.78 is 3.89. The largest absolute Gasteiger partial charge is 0.392 e. The summed E-state index contributed by atoms with van der Waals surface area (Å²) in [4.78, 5) is 17.9. The maximum atomic E-state index is 12.5. The Morgan fingerprint density at radius 1 is 1.38 bits per heavy atom. The topological polar surface area (TPSA) is 75.4 Å². The van der Waals surface area contributed by atoms with Crippen LogP contribution in [0.4, 0.5) is 0 Å². The summed E-state index contributed by atoms with van der Waals surface area (Å²) in [5.74, 6) is 0.0462. The number of nitrogens with two attached hydrogens (primary N) is 1. The second-order valence-corrected chi connectivity index (χ2v) is 6.28. The molecule has 1 aromatic heterocycles. The summed E-state index contributed by atoms with van der Waals surface area (Å²) in [5.41, 5.74) is 6.58. The van der Waals surface area contributed by atoms with Crippen LogP contribution in [0, 0.1) is 0 Å². The number of hydrogen-bond acceptors (Lipinski definition) is 6. The molecule has 8 heteroatoms. The highest BCUT2D eigenvalue weighted by Crippen LogP contribution is 2.17. The molecule has 2 N–H and O–H groups in total. The van der Waals surface area contributed by atoms with E-state index in [0.29, 0.717) is 23.0 Å². The molecule has 1 aromatic rings. The number of amides is 1. The van der Waals surface area contributed by atoms with Gasteiger partial charge in [-0.1, -0.05) is 30.6 Å². The normalized spacial score (nSPS) is 17.7. The minimum atomic E-state index is 0.0462. The van der Waals surface area contributed by atoms with E-state index in [9.17, 15) is 4.79 Å². The van der Waals surface area contributed by atoms with E-state index >= 15 is 0 Å². The molecule has 1 aliphatic rings. The zero-order valence-corrected chi connectivity index (χ0v) is 14.0. The molecule has 2 rings (SSSR count). The highest BCUT2D eigenvalue weighted by atomic mass is 32.1. The third kappa shape index (κ3) is 3.56. The lowest BCUT2D eigenvalue weighted by Crippen LogP contribution is -2.54. The lowest BCUT2D eigenvalue weighted by molar-refractivity contribution is 0.0615. The average molecular weight is 327 g/mol. The SMILES string of the molecule is CCc1nnsc1C(=O)N1CCN(C(CC)C(N)=S)CC1. The van der Waals surface area contributed by atoms with Gasteiger partial charge in [-0.3, -0.25) is 9.69 Å². The van der Waals surface area contributed by atoms with Crippen LogP contribution in [0.5, 0.6) is 0 Å². The monoisotopic (exact) mass is 327 g/mol. The molecule has 0 spiro atoms. The predicted octanol–water partition coefficient (Wildman–Crippen LogP) is 0.923. The van der Waals surface area contributed by atoms with Gasteiger partial charge >= 0.3 is 0 Å². The van der Waals surface area contributed by atoms with Crippen molar-refractivity contribution in [3.8, 4) is 0 Å². The molecule has 21 heavy (non-hydrogen) atoms. The third-order valence-electron chi connectivity index (χ3n) is 3.84. The Morgan fingerprint density at radius 2 is 2.05 bits per heavy atom. The number of aromatic nitrogens is 2. The van der Waals surface area contributed by atoms with Gasteiger partial charge in [0, 0.05) is 26.2 Å². The third-order valence-corrected chi connectivity index (χ3v) is 4.87. The number of piperazine rings is 1. The summed E-state index contributed by atoms with van der Waals surface area (Å²) in [6.07, 6.45) is 1.64. The molecular weight excluding hydrogens is 306 g/mol. The number of hydrogen-bond donors (Lipinski definition) is 1. The van der Waals surface area contributed by atoms with Crippen LogP contribution < -0.4 is 5.73 Å². The second-order valence-electron chi connectivity index (χ2n) is 5.06. The first-order chi connectivity index (χ1) is 10.1. The smallest absolute Gasteiger partial charge is 0.267 e. The average Bonchev–Trinajstić information content (AvgIpc) is 2.96. The Balaban J connectivity index is 1.98. The highest BCUT2D eigenvalue weighted by Gasteiger charge is 2.28. The van der Waals surface area contributed by atoms with Crippen molar-refractivity contribution in [3.63, 3.8) is 0 Å². The molecule has 0 bridgehead atoms. The van der Waals surface area contributed by atoms with Crippen molar-refractivity contribution in [1.29, 1.82) is 0 Å². The summed E-state index contributed by atoms with van der Waals surface area (Å²) >= 11 is 6.30. The van der Waals surface area contributed by atoms with Gasteiger partial charge in [0.1, 0.15) is 4.88 Å². The summed E-state index contributed by atoms with van der Waals surface area (Å²) in [6, 6.07) is 0.133. The van der Waals surface area contributed by atoms with Crippen LogP contribution in [0.25, 0.3) is 0 Å². The highest BCUT2D eigenvalue weighted by molar-refractivity contribution is 7.80. The molecule has 0 saturated carbocycles. The van der Waals surface area contributed by atoms with Crippen LogP contribution in [0.3, 0.4) is 0 Å². The molecule has 1 saturated heterocycles. The van der Waals surface area contributed by atoms with Crippen molar-refractivity contribution in [2.75, 3.05) is 26.2 Å². The van der Waals surface area contributed by atoms with Crippen LogP contribution in [-0.2, 0) is 6.42 Å². The van der Waals surface area contributed by atoms with E-state index in [-0.39, 0.29) is 11.9 Å². The van der Waals surface area contributed by atoms with E-state index in [1.807, 2.05) is 11.8 Å². The molecule has 1 aliphatic heterocycles. The van der Waals surface area contributed by atoms with Crippen molar-refractivity contribution >= 4 is 34.6 Å². The van der Waals surface area contributed by atoms with Crippen molar-refractivity contribution < 1.29 is 4.79 Å². The van der Waals surface area contributed by atoms with Gasteiger partial charge in [0.25, 0.3) is 5.91 Å². The molecule has 116 valence electrons. The number of nitrogens with zero attached hydrogens (tertiary/aromatic N) is 4. The zero-order chi connectivity index (χ0) is 15.4. The van der Waals surface area contributed by atoms with E-state index in [1.165, 1.54) is 11.5 Å². The number of carbonyl (C=O) groups is 1. The summed E-state index contributed by atoms with van der Waals surface area (Å²) in [6.45, 7) is 7.06. The van der Waals surface area contributed by atoms with Gasteiger partial charge in [0.15, 0.2) is 0 Å². The Labute approximate surface area is 134 Å². The van der Waals surface area contributed by atoms with E-state index in [4.69, 9.17) is 18.0 Å². The molecule has 0 aliphatic carbocycles. The molecule has 1 amide bonds. The molecule has 0 radical (unpaired) electrons. The lowest BCUT2D eigenvalue weighted by atomic mass is 10.1. The lowest BCUT2D eigenvalue weighted by Gasteiger charge is -2.38. The fraction of sp³-hybridized carbons (Fsp3) is 0.692. The zero-order valence-electron chi connectivity index (χ0n) is 12.4. The first-order valence-electron chi connectivity index (χ1n) is 7.22. The fourth-order valence-electron chi connectivity index (χ4n) is 2.62. The standard InChI is InChI=1S/C13H21N5OS2/c1-3-9-11(21-16-15-9)13(19)18-7-5-17(6-8-18)10(4-2)12(14)20/h10H,3-8H2,1-2H3,(H2,14,20). The van der Waals surface area contributed by atoms with Gasteiger partial charge in [-0.2, -0.15) is 0 Å². The van der Waals surface area contributed by atoms with Crippen LogP contribution >= 0.6 is 23.8 Å². The number of thiocarbonyl (C=S) groups is 1. The van der Waals surface area contributed by atoms with Gasteiger partial charge in [-0.25, -0.2) is 0 Å². The van der Waals surface area contributed by atoms with E-state index in [1.54, 1.807) is 0 Å². The first kappa shape index (κ1) is 16.3. The van der Waals surface area contributed by atoms with E-state index in [2.05, 4.69) is 21.4 Å². The minimum Gasteiger partial charge on any atom is -0.392 e. The second kappa shape index (κ2) is 7.24. The molecule has 6 nitrogen and oxygen atoms in total. The molecule has 0 aromatic carbocycles. The molecule has 2 heterocycles. The van der Waals surface area contributed by atoms with E-state index < -0.39 is 0 Å². The van der Waals surface area contributed by atoms with Crippen LogP contribution in [0.1, 0.15) is 35.6 Å². The van der Waals surface area contributed by atoms with Gasteiger partial charge in [0.05, 0.1) is 16.7 Å². The van der Waals surface area contributed by atoms with Crippen molar-refractivity contribution in [3.05, 3.63) is 10.6 Å². The number of carbonyl (C=O) groups excluding carboxylic acids is 1. The number of rotatable bonds is 5. The summed E-state index contributed by atoms with van der Waals surface area (Å²) in [5, 5.41) is 4.01. The predicted molar refractivity (Wildman–Crippen MR) is 87.6 cm³/mol. The Morgan fingerprint density at radius 3 is 2.57 bits per heavy atom. The summed E-state index contributed by atoms with van der Waals surface area (Å²) in [7, 11) is 0. The Bertz CT molecular complexity index is 510. The molecule has 1 unspecified atom stereocenters. The van der Waals surface area contributed by atoms with Crippen LogP contribution in [-0.4, -0.2) is 62.5 Å². The first-order valence-corrected chi connectivity index (χ1v) is 8.40. The Kier molecular flexibility index (Phi) is 5.60. The van der Waals surface area contributed by atoms with Crippen molar-refractivity contribution in [1.82, 2.24) is 19.4 Å². The van der Waals surface area contributed by atoms with Crippen molar-refractivity contribution in [2.45, 2.75) is 32.7 Å². The maximum Gasteiger partial charge on any atom is 0.267 e. The molecule has 1 atom stereocenters. The van der Waals surface area contributed by atoms with Gasteiger partial charge in [0.2, 0.25) is 0 Å². The van der Waals surface area contributed by atoms with Gasteiger partial charge in [-0.05, 0) is 24.4 Å². The molecular formula is C13H21N5OS2. The molecule has 1 fully saturated rings. The maximum absolute atomic E-state index is 12.5. The number of aryl methyl sites for hydroxylation is 1. The Hall–Kier alpha value is -1.12. The van der Waals surface area contributed by atoms with Crippen LogP contribution in [0.15, 0.2) is 0 Å². The van der Waals surface area contributed by atoms with Crippen LogP contribution in [0.2, 0.25) is 0 Å². The van der Waals surface area contributed by atoms with Gasteiger partial charge in [-0.15, -0.1) is 5.10 Å². The van der Waals surface area contributed by atoms with E-state index in [0.717, 1.165) is 31.6 Å². The van der Waals surface area contributed by atoms with Gasteiger partial charge < -0.3 is 10.6 Å². The minimum absolute atomic E-state index is 0.0462. The van der Waals surface area contributed by atoms with Crippen molar-refractivity contribution in [2.24, 2.45) is 5.73 Å².